The number of anilines is 1. The highest BCUT2D eigenvalue weighted by Gasteiger charge is 2.40. The minimum absolute atomic E-state index is 0.0901. The smallest absolute Gasteiger partial charge is 0.388 e. The highest BCUT2D eigenvalue weighted by molar-refractivity contribution is 5.36. The Morgan fingerprint density at radius 2 is 1.84 bits per heavy atom. The van der Waals surface area contributed by atoms with Crippen molar-refractivity contribution in [3.8, 4) is 0 Å². The molecule has 1 aliphatic rings. The molecule has 1 aliphatic heterocycles. The fraction of sp³-hybridized carbons (Fsp3) is 0.375. The van der Waals surface area contributed by atoms with E-state index in [2.05, 4.69) is 15.3 Å². The number of alkyl halides is 3. The lowest BCUT2D eigenvalue weighted by atomic mass is 9.92. The molecule has 0 spiro atoms. The van der Waals surface area contributed by atoms with Crippen molar-refractivity contribution in [2.75, 3.05) is 11.9 Å². The second-order valence-electron chi connectivity index (χ2n) is 5.68. The van der Waals surface area contributed by atoms with Gasteiger partial charge in [0.1, 0.15) is 24.1 Å². The number of hydrogen-bond donors (Lipinski definition) is 3. The molecular formula is C16H16F3N3O3. The van der Waals surface area contributed by atoms with Crippen molar-refractivity contribution in [3.63, 3.8) is 0 Å². The molecule has 2 heterocycles. The summed E-state index contributed by atoms with van der Waals surface area (Å²) in [4.78, 5) is 7.01. The van der Waals surface area contributed by atoms with Crippen LogP contribution in [0.4, 0.5) is 19.0 Å². The summed E-state index contributed by atoms with van der Waals surface area (Å²) >= 11 is 0. The summed E-state index contributed by atoms with van der Waals surface area (Å²) in [5.74, 6) is -0.169. The number of aromatic nitrogens is 2. The van der Waals surface area contributed by atoms with E-state index < -0.39 is 36.2 Å². The summed E-state index contributed by atoms with van der Waals surface area (Å²) in [6.07, 6.45) is -6.00. The van der Waals surface area contributed by atoms with E-state index in [-0.39, 0.29) is 12.4 Å². The molecule has 134 valence electrons. The SMILES string of the molecule is O[C@@H]1[C@@H](Nc2cncc(C(F)(F)F)n2)[C@@H](c2ccccc2)OC[C@@H]1O. The van der Waals surface area contributed by atoms with Crippen molar-refractivity contribution in [2.45, 2.75) is 30.5 Å². The van der Waals surface area contributed by atoms with Crippen LogP contribution in [0.3, 0.4) is 0 Å². The molecule has 25 heavy (non-hydrogen) atoms. The monoisotopic (exact) mass is 355 g/mol. The number of aliphatic hydroxyl groups excluding tert-OH is 2. The first-order valence-corrected chi connectivity index (χ1v) is 7.54. The first-order valence-electron chi connectivity index (χ1n) is 7.54. The zero-order valence-corrected chi connectivity index (χ0v) is 12.9. The van der Waals surface area contributed by atoms with Crippen LogP contribution in [-0.2, 0) is 10.9 Å². The van der Waals surface area contributed by atoms with Gasteiger partial charge < -0.3 is 20.3 Å². The number of aliphatic hydroxyl groups is 2. The quantitative estimate of drug-likeness (QED) is 0.778. The average Bonchev–Trinajstić information content (AvgIpc) is 2.59. The van der Waals surface area contributed by atoms with E-state index in [0.29, 0.717) is 11.8 Å². The van der Waals surface area contributed by atoms with E-state index in [1.54, 1.807) is 30.3 Å². The minimum Gasteiger partial charge on any atom is -0.388 e. The van der Waals surface area contributed by atoms with Crippen molar-refractivity contribution >= 4 is 5.82 Å². The molecule has 0 radical (unpaired) electrons. The third-order valence-corrected chi connectivity index (χ3v) is 3.90. The van der Waals surface area contributed by atoms with Crippen molar-refractivity contribution in [2.24, 2.45) is 0 Å². The molecular weight excluding hydrogens is 339 g/mol. The number of benzene rings is 1. The molecule has 3 N–H and O–H groups in total. The van der Waals surface area contributed by atoms with Gasteiger partial charge in [-0.15, -0.1) is 0 Å². The van der Waals surface area contributed by atoms with Gasteiger partial charge in [-0.05, 0) is 5.56 Å². The van der Waals surface area contributed by atoms with E-state index in [9.17, 15) is 23.4 Å². The fourth-order valence-corrected chi connectivity index (χ4v) is 2.67. The Morgan fingerprint density at radius 1 is 1.12 bits per heavy atom. The summed E-state index contributed by atoms with van der Waals surface area (Å²) in [5, 5.41) is 22.9. The second-order valence-corrected chi connectivity index (χ2v) is 5.68. The maximum atomic E-state index is 12.8. The molecule has 4 atom stereocenters. The molecule has 1 aromatic carbocycles. The third kappa shape index (κ3) is 3.89. The lowest BCUT2D eigenvalue weighted by Crippen LogP contribution is -2.52. The number of nitrogens with zero attached hydrogens (tertiary/aromatic N) is 2. The normalized spacial score (nSPS) is 27.1. The highest BCUT2D eigenvalue weighted by Crippen LogP contribution is 2.32. The van der Waals surface area contributed by atoms with Gasteiger partial charge >= 0.3 is 6.18 Å². The molecule has 3 rings (SSSR count). The van der Waals surface area contributed by atoms with Gasteiger partial charge in [0, 0.05) is 0 Å². The molecule has 1 aromatic heterocycles. The first-order chi connectivity index (χ1) is 11.9. The van der Waals surface area contributed by atoms with Crippen molar-refractivity contribution in [3.05, 3.63) is 54.0 Å². The zero-order chi connectivity index (χ0) is 18.0. The summed E-state index contributed by atoms with van der Waals surface area (Å²) in [7, 11) is 0. The maximum Gasteiger partial charge on any atom is 0.434 e. The highest BCUT2D eigenvalue weighted by atomic mass is 19.4. The van der Waals surface area contributed by atoms with Crippen LogP contribution in [0.25, 0.3) is 0 Å². The molecule has 2 aromatic rings. The molecule has 9 heteroatoms. The average molecular weight is 355 g/mol. The number of hydrogen-bond acceptors (Lipinski definition) is 6. The van der Waals surface area contributed by atoms with Crippen molar-refractivity contribution in [1.29, 1.82) is 0 Å². The lowest BCUT2D eigenvalue weighted by Gasteiger charge is -2.39. The standard InChI is InChI=1S/C16H16F3N3O3/c17-16(18,19)11-6-20-7-12(21-11)22-13-14(24)10(23)8-25-15(13)9-4-2-1-3-5-9/h1-7,10,13-15,23-24H,8H2,(H,21,22)/t10-,13+,14-,15+/m0/s1. The number of nitrogens with one attached hydrogen (secondary N) is 1. The van der Waals surface area contributed by atoms with Gasteiger partial charge in [-0.1, -0.05) is 30.3 Å². The van der Waals surface area contributed by atoms with Crippen LogP contribution in [-0.4, -0.2) is 45.0 Å². The van der Waals surface area contributed by atoms with Crippen LogP contribution in [0.1, 0.15) is 17.4 Å². The van der Waals surface area contributed by atoms with Gasteiger partial charge in [0.2, 0.25) is 0 Å². The van der Waals surface area contributed by atoms with E-state index in [4.69, 9.17) is 4.74 Å². The van der Waals surface area contributed by atoms with Gasteiger partial charge in [0.05, 0.1) is 25.0 Å². The summed E-state index contributed by atoms with van der Waals surface area (Å²) < 4.78 is 43.9. The number of rotatable bonds is 3. The Labute approximate surface area is 141 Å². The van der Waals surface area contributed by atoms with Crippen LogP contribution in [0.15, 0.2) is 42.7 Å². The van der Waals surface area contributed by atoms with Crippen LogP contribution in [0, 0.1) is 0 Å². The van der Waals surface area contributed by atoms with Crippen LogP contribution in [0.2, 0.25) is 0 Å². The molecule has 6 nitrogen and oxygen atoms in total. The molecule has 0 aliphatic carbocycles. The molecule has 1 saturated heterocycles. The second kappa shape index (κ2) is 6.95. The topological polar surface area (TPSA) is 87.5 Å². The molecule has 0 saturated carbocycles. The lowest BCUT2D eigenvalue weighted by molar-refractivity contribution is -0.141. The van der Waals surface area contributed by atoms with Gasteiger partial charge in [0.25, 0.3) is 0 Å². The minimum atomic E-state index is -4.63. The Morgan fingerprint density at radius 3 is 2.52 bits per heavy atom. The fourth-order valence-electron chi connectivity index (χ4n) is 2.67. The Kier molecular flexibility index (Phi) is 4.89. The Balaban J connectivity index is 1.89. The number of ether oxygens (including phenoxy) is 1. The van der Waals surface area contributed by atoms with Gasteiger partial charge in [-0.25, -0.2) is 4.98 Å². The van der Waals surface area contributed by atoms with E-state index in [0.717, 1.165) is 6.20 Å². The van der Waals surface area contributed by atoms with Gasteiger partial charge in [-0.2, -0.15) is 13.2 Å². The molecule has 0 bridgehead atoms. The van der Waals surface area contributed by atoms with Crippen LogP contribution in [0.5, 0.6) is 0 Å². The summed E-state index contributed by atoms with van der Waals surface area (Å²) in [6.45, 7) is -0.0901. The van der Waals surface area contributed by atoms with Crippen molar-refractivity contribution < 1.29 is 28.1 Å². The molecule has 1 fully saturated rings. The molecule has 0 amide bonds. The van der Waals surface area contributed by atoms with Crippen LogP contribution < -0.4 is 5.32 Å². The Hall–Kier alpha value is -2.23. The van der Waals surface area contributed by atoms with Crippen molar-refractivity contribution in [1.82, 2.24) is 9.97 Å². The van der Waals surface area contributed by atoms with Crippen LogP contribution >= 0.6 is 0 Å². The zero-order valence-electron chi connectivity index (χ0n) is 12.9. The summed E-state index contributed by atoms with van der Waals surface area (Å²) in [5.41, 5.74) is -0.439. The molecule has 0 unspecified atom stereocenters. The van der Waals surface area contributed by atoms with E-state index in [1.807, 2.05) is 0 Å². The maximum absolute atomic E-state index is 12.8. The third-order valence-electron chi connectivity index (χ3n) is 3.90. The number of halogens is 3. The van der Waals surface area contributed by atoms with Gasteiger partial charge in [0.15, 0.2) is 5.69 Å². The van der Waals surface area contributed by atoms with E-state index in [1.165, 1.54) is 0 Å². The first kappa shape index (κ1) is 17.6. The van der Waals surface area contributed by atoms with Gasteiger partial charge in [-0.3, -0.25) is 4.98 Å². The predicted molar refractivity (Wildman–Crippen MR) is 81.6 cm³/mol. The Bertz CT molecular complexity index is 715. The van der Waals surface area contributed by atoms with E-state index >= 15 is 0 Å². The predicted octanol–water partition coefficient (Wildman–Crippen LogP) is 1.77. The summed E-state index contributed by atoms with van der Waals surface area (Å²) in [6, 6.07) is 7.99. The largest absolute Gasteiger partial charge is 0.434 e.